The topological polar surface area (TPSA) is 200 Å². The SMILES string of the molecule is CCNC(=O)c1ccc(Oc2ccc3c(c2)CCN(CCN2CCCC2)C3=O)cc1.CNC(=O)c1ccc(Oc2ccc3c(c2)CCN(CCN2CCCC2)C3=O)cc1.NC(=O)c1ccc(Oc2ccc3c(c2)CCN(CCN2CCCC2)C3=O)cc1. The largest absolute Gasteiger partial charge is 0.457 e. The van der Waals surface area contributed by atoms with E-state index in [0.29, 0.717) is 57.7 Å². The third kappa shape index (κ3) is 16.3. The minimum atomic E-state index is -0.465. The van der Waals surface area contributed by atoms with Gasteiger partial charge in [-0.2, -0.15) is 0 Å². The van der Waals surface area contributed by atoms with Crippen LogP contribution in [0.1, 0.15) is 124 Å². The van der Waals surface area contributed by atoms with Crippen LogP contribution in [0.25, 0.3) is 0 Å². The zero-order valence-corrected chi connectivity index (χ0v) is 50.2. The Labute approximate surface area is 510 Å². The van der Waals surface area contributed by atoms with E-state index in [1.165, 1.54) is 38.5 Å². The number of hydrogen-bond acceptors (Lipinski definition) is 12. The Hall–Kier alpha value is -8.58. The molecule has 6 aliphatic heterocycles. The Balaban J connectivity index is 0.000000145. The highest BCUT2D eigenvalue weighted by Crippen LogP contribution is 2.31. The van der Waals surface area contributed by atoms with E-state index in [2.05, 4.69) is 25.3 Å². The molecule has 87 heavy (non-hydrogen) atoms. The molecule has 3 saturated heterocycles. The molecule has 18 nitrogen and oxygen atoms in total. The molecule has 0 unspecified atom stereocenters. The van der Waals surface area contributed by atoms with Crippen molar-refractivity contribution >= 4 is 35.4 Å². The van der Waals surface area contributed by atoms with Gasteiger partial charge in [0.15, 0.2) is 0 Å². The van der Waals surface area contributed by atoms with Crippen molar-refractivity contribution in [2.24, 2.45) is 5.73 Å². The van der Waals surface area contributed by atoms with E-state index >= 15 is 0 Å². The summed E-state index contributed by atoms with van der Waals surface area (Å²) < 4.78 is 17.8. The predicted molar refractivity (Wildman–Crippen MR) is 335 cm³/mol. The van der Waals surface area contributed by atoms with Crippen LogP contribution in [0.5, 0.6) is 34.5 Å². The molecular formula is C69H81N9O9. The Morgan fingerprint density at radius 2 is 0.701 bits per heavy atom. The average molecular weight is 1180 g/mol. The number of nitrogens with two attached hydrogens (primary N) is 1. The highest BCUT2D eigenvalue weighted by atomic mass is 16.5. The second-order valence-electron chi connectivity index (χ2n) is 22.9. The Kier molecular flexibility index (Phi) is 21.0. The second-order valence-corrected chi connectivity index (χ2v) is 22.9. The lowest BCUT2D eigenvalue weighted by atomic mass is 9.98. The van der Waals surface area contributed by atoms with Gasteiger partial charge in [0, 0.05) is 106 Å². The molecule has 456 valence electrons. The van der Waals surface area contributed by atoms with Gasteiger partial charge in [0.25, 0.3) is 29.5 Å². The number of benzene rings is 6. The minimum Gasteiger partial charge on any atom is -0.457 e. The summed E-state index contributed by atoms with van der Waals surface area (Å²) in [5.74, 6) is 3.70. The van der Waals surface area contributed by atoms with Crippen LogP contribution in [0.15, 0.2) is 127 Å². The van der Waals surface area contributed by atoms with Crippen molar-refractivity contribution in [2.45, 2.75) is 64.7 Å². The summed E-state index contributed by atoms with van der Waals surface area (Å²) >= 11 is 0. The van der Waals surface area contributed by atoms with Gasteiger partial charge >= 0.3 is 0 Å². The molecule has 0 bridgehead atoms. The van der Waals surface area contributed by atoms with Gasteiger partial charge < -0.3 is 60.0 Å². The summed E-state index contributed by atoms with van der Waals surface area (Å²) in [5.41, 5.74) is 12.3. The van der Waals surface area contributed by atoms with Crippen LogP contribution < -0.4 is 30.6 Å². The van der Waals surface area contributed by atoms with Gasteiger partial charge in [-0.15, -0.1) is 0 Å². The Morgan fingerprint density at radius 3 is 1.00 bits per heavy atom. The molecule has 6 aliphatic rings. The van der Waals surface area contributed by atoms with Gasteiger partial charge in [0.2, 0.25) is 5.91 Å². The predicted octanol–water partition coefficient (Wildman–Crippen LogP) is 8.93. The highest BCUT2D eigenvalue weighted by molar-refractivity contribution is 5.99. The monoisotopic (exact) mass is 1180 g/mol. The fraction of sp³-hybridized carbons (Fsp3) is 0.391. The van der Waals surface area contributed by atoms with E-state index in [0.717, 1.165) is 151 Å². The first-order chi connectivity index (χ1) is 42.4. The van der Waals surface area contributed by atoms with Gasteiger partial charge in [-0.1, -0.05) is 0 Å². The van der Waals surface area contributed by atoms with E-state index in [4.69, 9.17) is 19.9 Å². The van der Waals surface area contributed by atoms with Crippen LogP contribution in [-0.4, -0.2) is 177 Å². The zero-order chi connectivity index (χ0) is 60.7. The van der Waals surface area contributed by atoms with Crippen LogP contribution in [0.4, 0.5) is 0 Å². The number of primary amides is 1. The van der Waals surface area contributed by atoms with Gasteiger partial charge in [0.05, 0.1) is 0 Å². The van der Waals surface area contributed by atoms with Crippen LogP contribution >= 0.6 is 0 Å². The van der Waals surface area contributed by atoms with E-state index < -0.39 is 5.91 Å². The van der Waals surface area contributed by atoms with Crippen molar-refractivity contribution in [3.8, 4) is 34.5 Å². The summed E-state index contributed by atoms with van der Waals surface area (Å²) in [5, 5.41) is 5.38. The molecule has 0 atom stereocenters. The number of likely N-dealkylation sites (tertiary alicyclic amines) is 3. The standard InChI is InChI=1S/C24H29N3O3.C23H27N3O3.C22H25N3O3/c1-2-25-23(28)18-5-7-20(8-6-18)30-21-9-10-22-19(17-21)11-14-27(24(22)29)16-15-26-12-3-4-13-26;1-24-22(27)17-4-6-19(7-5-17)29-20-8-9-21-18(16-20)10-13-26(23(21)28)15-14-25-11-2-3-12-25;23-21(26)16-3-5-18(6-4-16)28-19-7-8-20-17(15-19)9-12-25(22(20)27)14-13-24-10-1-2-11-24/h5-10,17H,2-4,11-16H2,1H3,(H,25,28);4-9,16H,2-3,10-15H2,1H3,(H,24,27);3-8,15H,1-2,9-14H2,(H2,23,26). The molecule has 6 amide bonds. The number of nitrogens with zero attached hydrogens (tertiary/aromatic N) is 6. The number of carbonyl (C=O) groups excluding carboxylic acids is 6. The first-order valence-electron chi connectivity index (χ1n) is 31.0. The maximum atomic E-state index is 12.9. The molecule has 0 radical (unpaired) electrons. The smallest absolute Gasteiger partial charge is 0.254 e. The van der Waals surface area contributed by atoms with Crippen molar-refractivity contribution in [1.29, 1.82) is 0 Å². The van der Waals surface area contributed by atoms with Crippen LogP contribution in [0.2, 0.25) is 0 Å². The number of amides is 6. The molecule has 0 spiro atoms. The number of rotatable bonds is 19. The van der Waals surface area contributed by atoms with Crippen molar-refractivity contribution in [1.82, 2.24) is 40.0 Å². The number of fused-ring (bicyclic) bond motifs is 3. The molecule has 6 heterocycles. The van der Waals surface area contributed by atoms with Gasteiger partial charge in [-0.25, -0.2) is 0 Å². The highest BCUT2D eigenvalue weighted by Gasteiger charge is 2.29. The summed E-state index contributed by atoms with van der Waals surface area (Å²) in [7, 11) is 1.61. The molecule has 0 aliphatic carbocycles. The minimum absolute atomic E-state index is 0.0920. The van der Waals surface area contributed by atoms with Crippen molar-refractivity contribution in [3.05, 3.63) is 177 Å². The lowest BCUT2D eigenvalue weighted by Gasteiger charge is -2.30. The Bertz CT molecular complexity index is 3370. The third-order valence-corrected chi connectivity index (χ3v) is 17.0. The number of ether oxygens (including phenoxy) is 3. The third-order valence-electron chi connectivity index (χ3n) is 17.0. The quantitative estimate of drug-likeness (QED) is 0.0697. The van der Waals surface area contributed by atoms with Crippen molar-refractivity contribution in [3.63, 3.8) is 0 Å². The molecule has 6 aromatic carbocycles. The van der Waals surface area contributed by atoms with Gasteiger partial charge in [-0.05, 0) is 248 Å². The second kappa shape index (κ2) is 29.7. The molecule has 12 rings (SSSR count). The number of hydrogen-bond donors (Lipinski definition) is 3. The van der Waals surface area contributed by atoms with E-state index in [-0.39, 0.29) is 29.5 Å². The number of carbonyl (C=O) groups is 6. The van der Waals surface area contributed by atoms with Gasteiger partial charge in [0.1, 0.15) is 34.5 Å². The van der Waals surface area contributed by atoms with E-state index in [1.807, 2.05) is 76.2 Å². The molecule has 0 saturated carbocycles. The van der Waals surface area contributed by atoms with Crippen LogP contribution in [-0.2, 0) is 19.3 Å². The molecule has 18 heteroatoms. The molecular weight excluding hydrogens is 1100 g/mol. The fourth-order valence-electron chi connectivity index (χ4n) is 12.0. The van der Waals surface area contributed by atoms with Crippen LogP contribution in [0.3, 0.4) is 0 Å². The lowest BCUT2D eigenvalue weighted by molar-refractivity contribution is 0.0716. The fourth-order valence-corrected chi connectivity index (χ4v) is 12.0. The number of nitrogens with one attached hydrogen (secondary N) is 2. The lowest BCUT2D eigenvalue weighted by Crippen LogP contribution is -2.42. The average Bonchev–Trinajstić information content (AvgIpc) is 4.26. The zero-order valence-electron chi connectivity index (χ0n) is 50.2. The first-order valence-corrected chi connectivity index (χ1v) is 31.0. The van der Waals surface area contributed by atoms with Crippen molar-refractivity contribution in [2.75, 3.05) is 112 Å². The summed E-state index contributed by atoms with van der Waals surface area (Å²) in [4.78, 5) is 86.4. The maximum absolute atomic E-state index is 12.9. The molecule has 3 fully saturated rings. The van der Waals surface area contributed by atoms with Crippen molar-refractivity contribution < 1.29 is 43.0 Å². The summed E-state index contributed by atoms with van der Waals surface area (Å²) in [6, 6.07) is 37.7. The molecule has 6 aromatic rings. The normalized spacial score (nSPS) is 16.6. The summed E-state index contributed by atoms with van der Waals surface area (Å²) in [6.07, 6.45) is 10.1. The van der Waals surface area contributed by atoms with E-state index in [1.54, 1.807) is 79.8 Å². The summed E-state index contributed by atoms with van der Waals surface area (Å²) in [6.45, 7) is 17.0. The first kappa shape index (κ1) is 61.5. The molecule has 0 aromatic heterocycles. The van der Waals surface area contributed by atoms with Gasteiger partial charge in [-0.3, -0.25) is 28.8 Å². The van der Waals surface area contributed by atoms with E-state index in [9.17, 15) is 28.8 Å². The molecule has 4 N–H and O–H groups in total. The maximum Gasteiger partial charge on any atom is 0.254 e. The van der Waals surface area contributed by atoms with Crippen LogP contribution in [0, 0.1) is 0 Å². The Morgan fingerprint density at radius 1 is 0.402 bits per heavy atom.